The van der Waals surface area contributed by atoms with Crippen LogP contribution in [0.3, 0.4) is 0 Å². The van der Waals surface area contributed by atoms with Crippen LogP contribution in [-0.4, -0.2) is 57.4 Å². The number of rotatable bonds is 7. The molecule has 1 N–H and O–H groups in total. The highest BCUT2D eigenvalue weighted by Crippen LogP contribution is 2.25. The van der Waals surface area contributed by atoms with E-state index >= 15 is 0 Å². The lowest BCUT2D eigenvalue weighted by Crippen LogP contribution is -2.40. The second kappa shape index (κ2) is 11.5. The van der Waals surface area contributed by atoms with Gasteiger partial charge in [-0.2, -0.15) is 0 Å². The molecule has 4 rings (SSSR count). The molecular formula is C22H29IN6S. The zero-order valence-corrected chi connectivity index (χ0v) is 20.4. The largest absolute Gasteiger partial charge is 0.357 e. The summed E-state index contributed by atoms with van der Waals surface area (Å²) < 4.78 is 2.04. The summed E-state index contributed by atoms with van der Waals surface area (Å²) in [5.74, 6) is 3.84. The predicted octanol–water partition coefficient (Wildman–Crippen LogP) is 3.97. The van der Waals surface area contributed by atoms with Crippen molar-refractivity contribution in [3.05, 3.63) is 60.6 Å². The molecule has 0 spiro atoms. The number of benzene rings is 1. The summed E-state index contributed by atoms with van der Waals surface area (Å²) in [5, 5.41) is 12.0. The van der Waals surface area contributed by atoms with Crippen molar-refractivity contribution in [1.29, 1.82) is 0 Å². The minimum absolute atomic E-state index is 0. The Balaban J connectivity index is 0.00000256. The fourth-order valence-corrected chi connectivity index (χ4v) is 4.69. The van der Waals surface area contributed by atoms with Crippen LogP contribution in [0, 0.1) is 5.92 Å². The monoisotopic (exact) mass is 536 g/mol. The van der Waals surface area contributed by atoms with E-state index in [1.807, 2.05) is 40.6 Å². The third kappa shape index (κ3) is 5.87. The molecule has 0 radical (unpaired) electrons. The van der Waals surface area contributed by atoms with Gasteiger partial charge in [-0.25, -0.2) is 0 Å². The molecule has 0 saturated carbocycles. The van der Waals surface area contributed by atoms with E-state index in [1.54, 1.807) is 0 Å². The average Bonchev–Trinajstić information content (AvgIpc) is 3.40. The Morgan fingerprint density at radius 3 is 2.83 bits per heavy atom. The molecule has 0 bridgehead atoms. The van der Waals surface area contributed by atoms with Crippen molar-refractivity contribution in [3.63, 3.8) is 0 Å². The summed E-state index contributed by atoms with van der Waals surface area (Å²) in [7, 11) is 0. The van der Waals surface area contributed by atoms with Crippen molar-refractivity contribution in [2.24, 2.45) is 10.9 Å². The zero-order chi connectivity index (χ0) is 19.9. The highest BCUT2D eigenvalue weighted by atomic mass is 127. The Bertz CT molecular complexity index is 945. The van der Waals surface area contributed by atoms with E-state index in [9.17, 15) is 0 Å². The number of pyridine rings is 1. The quantitative estimate of drug-likeness (QED) is 0.215. The molecule has 1 aliphatic heterocycles. The van der Waals surface area contributed by atoms with Gasteiger partial charge in [0.2, 0.25) is 0 Å². The third-order valence-electron chi connectivity index (χ3n) is 5.13. The number of hydrogen-bond acceptors (Lipinski definition) is 4. The van der Waals surface area contributed by atoms with Crippen molar-refractivity contribution in [3.8, 4) is 0 Å². The van der Waals surface area contributed by atoms with Gasteiger partial charge < -0.3 is 10.2 Å². The molecule has 1 aliphatic rings. The van der Waals surface area contributed by atoms with E-state index in [0.29, 0.717) is 12.5 Å². The van der Waals surface area contributed by atoms with Crippen molar-refractivity contribution in [1.82, 2.24) is 24.8 Å². The van der Waals surface area contributed by atoms with Gasteiger partial charge in [0.1, 0.15) is 5.82 Å². The van der Waals surface area contributed by atoms with E-state index in [4.69, 9.17) is 4.99 Å². The lowest BCUT2D eigenvalue weighted by molar-refractivity contribution is 0.474. The molecule has 160 valence electrons. The van der Waals surface area contributed by atoms with Gasteiger partial charge >= 0.3 is 0 Å². The van der Waals surface area contributed by atoms with Crippen LogP contribution in [0.2, 0.25) is 0 Å². The lowest BCUT2D eigenvalue weighted by Gasteiger charge is -2.21. The fourth-order valence-electron chi connectivity index (χ4n) is 3.64. The van der Waals surface area contributed by atoms with Crippen molar-refractivity contribution < 1.29 is 0 Å². The molecule has 2 aromatic heterocycles. The lowest BCUT2D eigenvalue weighted by atomic mass is 10.2. The molecule has 0 aliphatic carbocycles. The molecule has 0 amide bonds. The highest BCUT2D eigenvalue weighted by molar-refractivity contribution is 14.0. The van der Waals surface area contributed by atoms with Gasteiger partial charge in [0.05, 0.1) is 0 Å². The zero-order valence-electron chi connectivity index (χ0n) is 17.3. The van der Waals surface area contributed by atoms with Crippen LogP contribution in [0.5, 0.6) is 0 Å². The molecule has 6 nitrogen and oxygen atoms in total. The molecule has 1 aromatic carbocycles. The number of halogens is 1. The number of nitrogens with zero attached hydrogens (tertiary/aromatic N) is 5. The van der Waals surface area contributed by atoms with E-state index < -0.39 is 0 Å². The Morgan fingerprint density at radius 2 is 2.00 bits per heavy atom. The van der Waals surface area contributed by atoms with Gasteiger partial charge in [-0.05, 0) is 43.5 Å². The smallest absolute Gasteiger partial charge is 0.193 e. The molecule has 1 unspecified atom stereocenters. The average molecular weight is 536 g/mol. The maximum absolute atomic E-state index is 4.87. The van der Waals surface area contributed by atoms with Gasteiger partial charge in [-0.15, -0.1) is 45.9 Å². The fraction of sp³-hybridized carbons (Fsp3) is 0.409. The standard InChI is InChI=1S/C22H28N6S.HI/c1-2-23-22(24-13-11-21-26-25-20-10-6-7-14-28(20)21)27-15-12-18(16-27)17-29-19-8-4-3-5-9-19;/h3-10,14,18H,2,11-13,15-17H2,1H3,(H,23,24);1H. The molecule has 1 atom stereocenters. The van der Waals surface area contributed by atoms with Crippen LogP contribution >= 0.6 is 35.7 Å². The minimum atomic E-state index is 0. The van der Waals surface area contributed by atoms with Crippen LogP contribution in [0.15, 0.2) is 64.6 Å². The number of likely N-dealkylation sites (tertiary alicyclic amines) is 1. The van der Waals surface area contributed by atoms with Crippen LogP contribution in [0.25, 0.3) is 5.65 Å². The van der Waals surface area contributed by atoms with Gasteiger partial charge in [0.25, 0.3) is 0 Å². The summed E-state index contributed by atoms with van der Waals surface area (Å²) >= 11 is 1.96. The highest BCUT2D eigenvalue weighted by Gasteiger charge is 2.24. The second-order valence-corrected chi connectivity index (χ2v) is 8.35. The molecule has 1 saturated heterocycles. The summed E-state index contributed by atoms with van der Waals surface area (Å²) in [4.78, 5) is 8.63. The first-order valence-corrected chi connectivity index (χ1v) is 11.3. The Hall–Kier alpha value is -1.81. The van der Waals surface area contributed by atoms with Crippen LogP contribution in [0.1, 0.15) is 19.2 Å². The van der Waals surface area contributed by atoms with E-state index in [2.05, 4.69) is 57.7 Å². The van der Waals surface area contributed by atoms with E-state index in [-0.39, 0.29) is 24.0 Å². The Kier molecular flexibility index (Phi) is 8.80. The first-order chi connectivity index (χ1) is 14.3. The summed E-state index contributed by atoms with van der Waals surface area (Å²) in [5.41, 5.74) is 0.886. The SMILES string of the molecule is CCNC(=NCCc1nnc2ccccn12)N1CCC(CSc2ccccc2)C1.I. The van der Waals surface area contributed by atoms with E-state index in [1.165, 1.54) is 11.3 Å². The van der Waals surface area contributed by atoms with Crippen LogP contribution in [-0.2, 0) is 6.42 Å². The van der Waals surface area contributed by atoms with Gasteiger partial charge in [0.15, 0.2) is 11.6 Å². The molecule has 3 heterocycles. The molecule has 3 aromatic rings. The normalized spacial score (nSPS) is 16.6. The van der Waals surface area contributed by atoms with Crippen molar-refractivity contribution >= 4 is 47.3 Å². The van der Waals surface area contributed by atoms with Gasteiger partial charge in [-0.3, -0.25) is 9.39 Å². The number of aliphatic imine (C=N–C) groups is 1. The predicted molar refractivity (Wildman–Crippen MR) is 135 cm³/mol. The number of nitrogens with one attached hydrogen (secondary N) is 1. The third-order valence-corrected chi connectivity index (χ3v) is 6.37. The van der Waals surface area contributed by atoms with E-state index in [0.717, 1.165) is 49.2 Å². The maximum Gasteiger partial charge on any atom is 0.193 e. The van der Waals surface area contributed by atoms with Gasteiger partial charge in [-0.1, -0.05) is 24.3 Å². The molecular weight excluding hydrogens is 507 g/mol. The van der Waals surface area contributed by atoms with Crippen molar-refractivity contribution in [2.75, 3.05) is 31.9 Å². The Morgan fingerprint density at radius 1 is 1.17 bits per heavy atom. The van der Waals surface area contributed by atoms with Crippen molar-refractivity contribution in [2.45, 2.75) is 24.7 Å². The minimum Gasteiger partial charge on any atom is -0.357 e. The first-order valence-electron chi connectivity index (χ1n) is 10.3. The topological polar surface area (TPSA) is 57.8 Å². The van der Waals surface area contributed by atoms with Crippen LogP contribution in [0.4, 0.5) is 0 Å². The van der Waals surface area contributed by atoms with Gasteiger partial charge in [0, 0.05) is 49.4 Å². The molecule has 1 fully saturated rings. The second-order valence-electron chi connectivity index (χ2n) is 7.26. The maximum atomic E-state index is 4.87. The Labute approximate surface area is 199 Å². The molecule has 8 heteroatoms. The molecule has 30 heavy (non-hydrogen) atoms. The number of aromatic nitrogens is 3. The van der Waals surface area contributed by atoms with Crippen LogP contribution < -0.4 is 5.32 Å². The first kappa shape index (κ1) is 22.9. The summed E-state index contributed by atoms with van der Waals surface area (Å²) in [6.45, 7) is 5.85. The number of thioether (sulfide) groups is 1. The summed E-state index contributed by atoms with van der Waals surface area (Å²) in [6.07, 6.45) is 4.01. The number of fused-ring (bicyclic) bond motifs is 1. The number of guanidine groups is 1. The number of hydrogen-bond donors (Lipinski definition) is 1. The summed E-state index contributed by atoms with van der Waals surface area (Å²) in [6, 6.07) is 16.6.